The summed E-state index contributed by atoms with van der Waals surface area (Å²) in [5.41, 5.74) is 4.23. The molecule has 164 valence electrons. The number of anilines is 1. The Bertz CT molecular complexity index is 952. The molecular formula is C26H32N2O3. The number of benzene rings is 2. The van der Waals surface area contributed by atoms with Crippen LogP contribution in [-0.4, -0.2) is 43.7 Å². The largest absolute Gasteiger partial charge is 0.486 e. The highest BCUT2D eigenvalue weighted by Gasteiger charge is 2.18. The number of carbonyl (C=O) groups excluding carboxylic acids is 1. The highest BCUT2D eigenvalue weighted by molar-refractivity contribution is 6.04. The zero-order valence-electron chi connectivity index (χ0n) is 18.7. The molecule has 2 aliphatic rings. The minimum absolute atomic E-state index is 0.104. The third-order valence-electron chi connectivity index (χ3n) is 5.83. The minimum Gasteiger partial charge on any atom is -0.486 e. The quantitative estimate of drug-likeness (QED) is 0.701. The van der Waals surface area contributed by atoms with E-state index in [0.717, 1.165) is 30.8 Å². The second-order valence-corrected chi connectivity index (χ2v) is 9.33. The molecule has 1 N–H and O–H groups in total. The van der Waals surface area contributed by atoms with E-state index in [2.05, 4.69) is 55.3 Å². The van der Waals surface area contributed by atoms with Crippen molar-refractivity contribution < 1.29 is 14.3 Å². The number of amides is 1. The smallest absolute Gasteiger partial charge is 0.248 e. The SMILES string of the molecule is CC(C)(C)c1ccc(/C(=C/C(=O)Nc2ccc3c(c2)OCCO3)CN2CCCC2)cc1. The van der Waals surface area contributed by atoms with Gasteiger partial charge in [0.2, 0.25) is 5.91 Å². The molecule has 4 rings (SSSR count). The van der Waals surface area contributed by atoms with E-state index in [0.29, 0.717) is 30.4 Å². The van der Waals surface area contributed by atoms with Gasteiger partial charge in [-0.25, -0.2) is 0 Å². The van der Waals surface area contributed by atoms with Crippen molar-refractivity contribution in [2.24, 2.45) is 0 Å². The van der Waals surface area contributed by atoms with Crippen LogP contribution in [-0.2, 0) is 10.2 Å². The molecule has 0 radical (unpaired) electrons. The van der Waals surface area contributed by atoms with E-state index in [4.69, 9.17) is 9.47 Å². The first-order valence-corrected chi connectivity index (χ1v) is 11.1. The first-order valence-electron chi connectivity index (χ1n) is 11.1. The number of carbonyl (C=O) groups is 1. The van der Waals surface area contributed by atoms with Gasteiger partial charge < -0.3 is 14.8 Å². The third-order valence-corrected chi connectivity index (χ3v) is 5.83. The first-order chi connectivity index (χ1) is 14.9. The molecule has 0 spiro atoms. The summed E-state index contributed by atoms with van der Waals surface area (Å²) < 4.78 is 11.2. The Morgan fingerprint density at radius 2 is 1.68 bits per heavy atom. The van der Waals surface area contributed by atoms with Crippen LogP contribution < -0.4 is 14.8 Å². The van der Waals surface area contributed by atoms with E-state index in [1.165, 1.54) is 18.4 Å². The van der Waals surface area contributed by atoms with Crippen LogP contribution in [0.3, 0.4) is 0 Å². The molecule has 0 unspecified atom stereocenters. The van der Waals surface area contributed by atoms with Crippen molar-refractivity contribution >= 4 is 17.2 Å². The van der Waals surface area contributed by atoms with Crippen molar-refractivity contribution in [3.8, 4) is 11.5 Å². The van der Waals surface area contributed by atoms with Crippen LogP contribution in [0.2, 0.25) is 0 Å². The van der Waals surface area contributed by atoms with Crippen molar-refractivity contribution in [1.82, 2.24) is 4.90 Å². The van der Waals surface area contributed by atoms with E-state index in [1.54, 1.807) is 6.08 Å². The van der Waals surface area contributed by atoms with Crippen LogP contribution in [0, 0.1) is 0 Å². The molecule has 0 bridgehead atoms. The van der Waals surface area contributed by atoms with Crippen LogP contribution in [0.25, 0.3) is 5.57 Å². The molecule has 0 atom stereocenters. The summed E-state index contributed by atoms with van der Waals surface area (Å²) in [6.45, 7) is 10.7. The topological polar surface area (TPSA) is 50.8 Å². The Labute approximate surface area is 185 Å². The van der Waals surface area contributed by atoms with Gasteiger partial charge in [-0.15, -0.1) is 0 Å². The summed E-state index contributed by atoms with van der Waals surface area (Å²) in [5, 5.41) is 2.98. The van der Waals surface area contributed by atoms with E-state index < -0.39 is 0 Å². The van der Waals surface area contributed by atoms with Gasteiger partial charge in [-0.1, -0.05) is 45.0 Å². The van der Waals surface area contributed by atoms with E-state index in [1.807, 2.05) is 18.2 Å². The Morgan fingerprint density at radius 3 is 2.35 bits per heavy atom. The fourth-order valence-electron chi connectivity index (χ4n) is 4.04. The lowest BCUT2D eigenvalue weighted by molar-refractivity contribution is -0.111. The Kier molecular flexibility index (Phi) is 6.33. The van der Waals surface area contributed by atoms with Crippen LogP contribution in [0.4, 0.5) is 5.69 Å². The second kappa shape index (κ2) is 9.15. The van der Waals surface area contributed by atoms with Gasteiger partial charge in [0.15, 0.2) is 11.5 Å². The highest BCUT2D eigenvalue weighted by atomic mass is 16.6. The molecule has 1 amide bonds. The molecule has 0 aromatic heterocycles. The highest BCUT2D eigenvalue weighted by Crippen LogP contribution is 2.32. The van der Waals surface area contributed by atoms with Gasteiger partial charge in [0.1, 0.15) is 13.2 Å². The fourth-order valence-corrected chi connectivity index (χ4v) is 4.04. The Hall–Kier alpha value is -2.79. The number of fused-ring (bicyclic) bond motifs is 1. The van der Waals surface area contributed by atoms with Gasteiger partial charge in [-0.05, 0) is 60.2 Å². The number of nitrogens with one attached hydrogen (secondary N) is 1. The molecule has 2 aromatic carbocycles. The molecular weight excluding hydrogens is 388 g/mol. The summed E-state index contributed by atoms with van der Waals surface area (Å²) in [6, 6.07) is 14.1. The van der Waals surface area contributed by atoms with Crippen molar-refractivity contribution in [2.45, 2.75) is 39.0 Å². The van der Waals surface area contributed by atoms with Crippen LogP contribution >= 0.6 is 0 Å². The standard InChI is InChI=1S/C26H32N2O3/c1-26(2,3)21-8-6-19(7-9-21)20(18-28-12-4-5-13-28)16-25(29)27-22-10-11-23-24(17-22)31-15-14-30-23/h6-11,16-17H,4-5,12-15,18H2,1-3H3,(H,27,29)/b20-16+. The predicted molar refractivity (Wildman–Crippen MR) is 125 cm³/mol. The van der Waals surface area contributed by atoms with Gasteiger partial charge in [0, 0.05) is 24.4 Å². The molecule has 5 nitrogen and oxygen atoms in total. The summed E-state index contributed by atoms with van der Waals surface area (Å²) in [7, 11) is 0. The fraction of sp³-hybridized carbons (Fsp3) is 0.423. The minimum atomic E-state index is -0.134. The van der Waals surface area contributed by atoms with Gasteiger partial charge in [-0.3, -0.25) is 9.69 Å². The van der Waals surface area contributed by atoms with Crippen LogP contribution in [0.5, 0.6) is 11.5 Å². The molecule has 2 heterocycles. The normalized spacial score (nSPS) is 16.9. The Morgan fingerprint density at radius 1 is 1.00 bits per heavy atom. The monoisotopic (exact) mass is 420 g/mol. The zero-order chi connectivity index (χ0) is 21.8. The maximum absolute atomic E-state index is 12.9. The van der Waals surface area contributed by atoms with E-state index >= 15 is 0 Å². The van der Waals surface area contributed by atoms with Crippen molar-refractivity contribution in [1.29, 1.82) is 0 Å². The number of rotatable bonds is 5. The predicted octanol–water partition coefficient (Wildman–Crippen LogP) is 4.87. The second-order valence-electron chi connectivity index (χ2n) is 9.33. The first kappa shape index (κ1) is 21.4. The number of likely N-dealkylation sites (tertiary alicyclic amines) is 1. The number of nitrogens with zero attached hydrogens (tertiary/aromatic N) is 1. The van der Waals surface area contributed by atoms with Gasteiger partial charge >= 0.3 is 0 Å². The Balaban J connectivity index is 1.54. The average molecular weight is 421 g/mol. The van der Waals surface area contributed by atoms with Crippen molar-refractivity contribution in [3.63, 3.8) is 0 Å². The molecule has 0 aliphatic carbocycles. The molecule has 2 aromatic rings. The summed E-state index contributed by atoms with van der Waals surface area (Å²) >= 11 is 0. The summed E-state index contributed by atoms with van der Waals surface area (Å²) in [4.78, 5) is 15.3. The average Bonchev–Trinajstić information content (AvgIpc) is 3.26. The third kappa shape index (κ3) is 5.47. The summed E-state index contributed by atoms with van der Waals surface area (Å²) in [6.07, 6.45) is 4.18. The maximum atomic E-state index is 12.9. The summed E-state index contributed by atoms with van der Waals surface area (Å²) in [5.74, 6) is 1.25. The molecule has 0 saturated carbocycles. The number of ether oxygens (including phenoxy) is 2. The lowest BCUT2D eigenvalue weighted by Gasteiger charge is -2.21. The molecule has 1 saturated heterocycles. The maximum Gasteiger partial charge on any atom is 0.248 e. The van der Waals surface area contributed by atoms with Crippen molar-refractivity contribution in [2.75, 3.05) is 38.2 Å². The van der Waals surface area contributed by atoms with Crippen LogP contribution in [0.15, 0.2) is 48.5 Å². The lowest BCUT2D eigenvalue weighted by atomic mass is 9.86. The number of hydrogen-bond acceptors (Lipinski definition) is 4. The zero-order valence-corrected chi connectivity index (χ0v) is 18.7. The number of hydrogen-bond donors (Lipinski definition) is 1. The van der Waals surface area contributed by atoms with Gasteiger partial charge in [0.05, 0.1) is 0 Å². The van der Waals surface area contributed by atoms with Gasteiger partial charge in [0.25, 0.3) is 0 Å². The molecule has 2 aliphatic heterocycles. The lowest BCUT2D eigenvalue weighted by Crippen LogP contribution is -2.22. The van der Waals surface area contributed by atoms with Crippen molar-refractivity contribution in [3.05, 3.63) is 59.7 Å². The van der Waals surface area contributed by atoms with Crippen LogP contribution in [0.1, 0.15) is 44.7 Å². The molecule has 31 heavy (non-hydrogen) atoms. The van der Waals surface area contributed by atoms with E-state index in [9.17, 15) is 4.79 Å². The van der Waals surface area contributed by atoms with E-state index in [-0.39, 0.29) is 11.3 Å². The molecule has 5 heteroatoms. The van der Waals surface area contributed by atoms with Gasteiger partial charge in [-0.2, -0.15) is 0 Å². The molecule has 1 fully saturated rings.